The summed E-state index contributed by atoms with van der Waals surface area (Å²) in [5, 5.41) is 8.83. The molecule has 0 aliphatic rings. The van der Waals surface area contributed by atoms with Crippen LogP contribution in [-0.2, 0) is 6.42 Å². The molecule has 2 rings (SSSR count). The van der Waals surface area contributed by atoms with E-state index in [1.54, 1.807) is 0 Å². The number of aromatic amines is 1. The lowest BCUT2D eigenvalue weighted by Gasteiger charge is -2.04. The van der Waals surface area contributed by atoms with Crippen LogP contribution in [0.25, 0.3) is 11.1 Å². The van der Waals surface area contributed by atoms with Crippen molar-refractivity contribution in [3.05, 3.63) is 42.2 Å². The zero-order valence-electron chi connectivity index (χ0n) is 9.11. The number of aryl methyl sites for hydroxylation is 1. The number of aromatic nitrogens is 1. The molecule has 0 saturated heterocycles. The van der Waals surface area contributed by atoms with Gasteiger partial charge in [0.2, 0.25) is 0 Å². The van der Waals surface area contributed by atoms with Crippen molar-refractivity contribution in [1.29, 1.82) is 0 Å². The quantitative estimate of drug-likeness (QED) is 0.686. The number of aliphatic hydroxyl groups excluding tert-OH is 1. The van der Waals surface area contributed by atoms with E-state index >= 15 is 0 Å². The maximum absolute atomic E-state index is 8.83. The Kier molecular flexibility index (Phi) is 3.27. The highest BCUT2D eigenvalue weighted by Gasteiger charge is 2.05. The number of nitrogens with one attached hydrogen (secondary N) is 1. The molecule has 0 fully saturated rings. The molecule has 0 aliphatic heterocycles. The summed E-state index contributed by atoms with van der Waals surface area (Å²) in [6.07, 6.45) is 3.57. The minimum atomic E-state index is 0.222. The molecule has 0 spiro atoms. The normalized spacial score (nSPS) is 10.6. The van der Waals surface area contributed by atoms with Crippen molar-refractivity contribution >= 4 is 5.69 Å². The molecule has 0 unspecified atom stereocenters. The van der Waals surface area contributed by atoms with Crippen LogP contribution in [0.1, 0.15) is 12.1 Å². The Balaban J connectivity index is 2.26. The van der Waals surface area contributed by atoms with Gasteiger partial charge in [-0.05, 0) is 36.6 Å². The van der Waals surface area contributed by atoms with E-state index in [9.17, 15) is 0 Å². The van der Waals surface area contributed by atoms with Crippen LogP contribution in [0, 0.1) is 0 Å². The van der Waals surface area contributed by atoms with Gasteiger partial charge in [0.1, 0.15) is 0 Å². The molecular formula is C13H16N2O. The van der Waals surface area contributed by atoms with Gasteiger partial charge in [0.15, 0.2) is 0 Å². The fraction of sp³-hybridized carbons (Fsp3) is 0.231. The third-order valence-electron chi connectivity index (χ3n) is 2.64. The van der Waals surface area contributed by atoms with Gasteiger partial charge in [-0.25, -0.2) is 0 Å². The number of aliphatic hydroxyl groups is 1. The van der Waals surface area contributed by atoms with E-state index in [2.05, 4.69) is 11.1 Å². The third kappa shape index (κ3) is 2.25. The Hall–Kier alpha value is -1.74. The van der Waals surface area contributed by atoms with Gasteiger partial charge >= 0.3 is 0 Å². The first-order valence-corrected chi connectivity index (χ1v) is 5.44. The monoisotopic (exact) mass is 216 g/mol. The molecule has 0 radical (unpaired) electrons. The van der Waals surface area contributed by atoms with Gasteiger partial charge < -0.3 is 15.8 Å². The number of anilines is 1. The van der Waals surface area contributed by atoms with Crippen LogP contribution >= 0.6 is 0 Å². The van der Waals surface area contributed by atoms with Gasteiger partial charge in [0.05, 0.1) is 0 Å². The fourth-order valence-electron chi connectivity index (χ4n) is 1.80. The Morgan fingerprint density at radius 2 is 1.88 bits per heavy atom. The molecule has 0 bridgehead atoms. The lowest BCUT2D eigenvalue weighted by Crippen LogP contribution is -1.92. The van der Waals surface area contributed by atoms with Crippen LogP contribution in [0.15, 0.2) is 36.5 Å². The third-order valence-corrected chi connectivity index (χ3v) is 2.64. The summed E-state index contributed by atoms with van der Waals surface area (Å²) in [6, 6.07) is 9.89. The fourth-order valence-corrected chi connectivity index (χ4v) is 1.80. The van der Waals surface area contributed by atoms with Gasteiger partial charge in [-0.3, -0.25) is 0 Å². The van der Waals surface area contributed by atoms with Crippen molar-refractivity contribution < 1.29 is 5.11 Å². The second-order valence-electron chi connectivity index (χ2n) is 3.82. The Bertz CT molecular complexity index is 445. The lowest BCUT2D eigenvalue weighted by molar-refractivity contribution is 0.288. The van der Waals surface area contributed by atoms with E-state index in [1.807, 2.05) is 30.5 Å². The zero-order chi connectivity index (χ0) is 11.4. The van der Waals surface area contributed by atoms with E-state index in [4.69, 9.17) is 10.8 Å². The van der Waals surface area contributed by atoms with Crippen LogP contribution < -0.4 is 5.73 Å². The maximum atomic E-state index is 8.83. The highest BCUT2D eigenvalue weighted by molar-refractivity contribution is 5.68. The molecule has 84 valence electrons. The van der Waals surface area contributed by atoms with Crippen LogP contribution in [0.5, 0.6) is 0 Å². The SMILES string of the molecule is Nc1ccc(-c2cc[nH]c2CCCO)cc1. The van der Waals surface area contributed by atoms with E-state index < -0.39 is 0 Å². The van der Waals surface area contributed by atoms with Gasteiger partial charge in [0.25, 0.3) is 0 Å². The summed E-state index contributed by atoms with van der Waals surface area (Å²) >= 11 is 0. The number of nitrogens with two attached hydrogens (primary N) is 1. The lowest BCUT2D eigenvalue weighted by atomic mass is 10.0. The summed E-state index contributed by atoms with van der Waals surface area (Å²) in [6.45, 7) is 0.222. The van der Waals surface area contributed by atoms with E-state index in [0.29, 0.717) is 0 Å². The first-order chi connectivity index (χ1) is 7.81. The van der Waals surface area contributed by atoms with Crippen LogP contribution in [0.3, 0.4) is 0 Å². The van der Waals surface area contributed by atoms with Gasteiger partial charge in [-0.2, -0.15) is 0 Å². The minimum absolute atomic E-state index is 0.222. The molecule has 3 heteroatoms. The number of H-pyrrole nitrogens is 1. The van der Waals surface area contributed by atoms with Crippen molar-refractivity contribution in [2.75, 3.05) is 12.3 Å². The molecule has 1 aromatic heterocycles. The van der Waals surface area contributed by atoms with E-state index in [0.717, 1.165) is 24.1 Å². The summed E-state index contributed by atoms with van der Waals surface area (Å²) in [7, 11) is 0. The number of hydrogen-bond donors (Lipinski definition) is 3. The molecule has 3 nitrogen and oxygen atoms in total. The molecule has 1 aromatic carbocycles. The molecule has 0 amide bonds. The van der Waals surface area contributed by atoms with Crippen molar-refractivity contribution in [2.24, 2.45) is 0 Å². The van der Waals surface area contributed by atoms with Crippen molar-refractivity contribution in [2.45, 2.75) is 12.8 Å². The second kappa shape index (κ2) is 4.86. The Morgan fingerprint density at radius 3 is 2.56 bits per heavy atom. The number of benzene rings is 1. The Labute approximate surface area is 94.9 Å². The van der Waals surface area contributed by atoms with Crippen LogP contribution in [0.2, 0.25) is 0 Å². The second-order valence-corrected chi connectivity index (χ2v) is 3.82. The maximum Gasteiger partial charge on any atom is 0.0434 e. The topological polar surface area (TPSA) is 62.0 Å². The molecular weight excluding hydrogens is 200 g/mol. The summed E-state index contributed by atoms with van der Waals surface area (Å²) in [5.74, 6) is 0. The predicted molar refractivity (Wildman–Crippen MR) is 66.0 cm³/mol. The summed E-state index contributed by atoms with van der Waals surface area (Å²) in [4.78, 5) is 3.21. The van der Waals surface area contributed by atoms with Crippen molar-refractivity contribution in [1.82, 2.24) is 4.98 Å². The standard InChI is InChI=1S/C13H16N2O/c14-11-5-3-10(4-6-11)12-7-8-15-13(12)2-1-9-16/h3-8,15-16H,1-2,9,14H2. The number of hydrogen-bond acceptors (Lipinski definition) is 2. The molecule has 4 N–H and O–H groups in total. The summed E-state index contributed by atoms with van der Waals surface area (Å²) in [5.41, 5.74) is 9.94. The zero-order valence-corrected chi connectivity index (χ0v) is 9.11. The van der Waals surface area contributed by atoms with Gasteiger partial charge in [0, 0.05) is 29.7 Å². The number of rotatable bonds is 4. The predicted octanol–water partition coefficient (Wildman–Crippen LogP) is 2.19. The smallest absolute Gasteiger partial charge is 0.0434 e. The summed E-state index contributed by atoms with van der Waals surface area (Å²) < 4.78 is 0. The largest absolute Gasteiger partial charge is 0.399 e. The highest BCUT2D eigenvalue weighted by atomic mass is 16.2. The van der Waals surface area contributed by atoms with Crippen molar-refractivity contribution in [3.8, 4) is 11.1 Å². The van der Waals surface area contributed by atoms with Crippen LogP contribution in [-0.4, -0.2) is 16.7 Å². The first-order valence-electron chi connectivity index (χ1n) is 5.44. The molecule has 0 aliphatic carbocycles. The average molecular weight is 216 g/mol. The van der Waals surface area contributed by atoms with E-state index in [1.165, 1.54) is 11.3 Å². The highest BCUT2D eigenvalue weighted by Crippen LogP contribution is 2.24. The molecule has 1 heterocycles. The number of nitrogen functional groups attached to an aromatic ring is 1. The van der Waals surface area contributed by atoms with Gasteiger partial charge in [-0.15, -0.1) is 0 Å². The molecule has 0 saturated carbocycles. The molecule has 0 atom stereocenters. The minimum Gasteiger partial charge on any atom is -0.399 e. The van der Waals surface area contributed by atoms with Crippen LogP contribution in [0.4, 0.5) is 5.69 Å². The first kappa shape index (κ1) is 10.8. The molecule has 16 heavy (non-hydrogen) atoms. The Morgan fingerprint density at radius 1 is 1.12 bits per heavy atom. The van der Waals surface area contributed by atoms with Gasteiger partial charge in [-0.1, -0.05) is 12.1 Å². The van der Waals surface area contributed by atoms with Crippen molar-refractivity contribution in [3.63, 3.8) is 0 Å². The average Bonchev–Trinajstić information content (AvgIpc) is 2.75. The van der Waals surface area contributed by atoms with E-state index in [-0.39, 0.29) is 6.61 Å². The molecule has 2 aromatic rings.